The second-order valence-corrected chi connectivity index (χ2v) is 4.21. The van der Waals surface area contributed by atoms with Gasteiger partial charge in [-0.25, -0.2) is 0 Å². The molecule has 8 nitrogen and oxygen atoms in total. The van der Waals surface area contributed by atoms with Gasteiger partial charge in [-0.3, -0.25) is 19.6 Å². The molecule has 21 heavy (non-hydrogen) atoms. The second kappa shape index (κ2) is 6.51. The van der Waals surface area contributed by atoms with Crippen molar-refractivity contribution in [2.45, 2.75) is 6.54 Å². The first kappa shape index (κ1) is 14.5. The van der Waals surface area contributed by atoms with Crippen molar-refractivity contribution in [1.82, 2.24) is 15.1 Å². The molecule has 1 N–H and O–H groups in total. The normalized spacial score (nSPS) is 10.1. The average Bonchev–Trinajstić information content (AvgIpc) is 2.96. The summed E-state index contributed by atoms with van der Waals surface area (Å²) in [4.78, 5) is 21.9. The molecule has 1 aromatic heterocycles. The van der Waals surface area contributed by atoms with Gasteiger partial charge in [0, 0.05) is 12.1 Å². The fraction of sp³-hybridized carbons (Fsp3) is 0.231. The van der Waals surface area contributed by atoms with E-state index in [9.17, 15) is 14.9 Å². The van der Waals surface area contributed by atoms with Crippen molar-refractivity contribution in [3.63, 3.8) is 0 Å². The van der Waals surface area contributed by atoms with Crippen LogP contribution in [-0.2, 0) is 6.54 Å². The van der Waals surface area contributed by atoms with E-state index >= 15 is 0 Å². The van der Waals surface area contributed by atoms with Gasteiger partial charge in [-0.1, -0.05) is 6.07 Å². The van der Waals surface area contributed by atoms with Gasteiger partial charge in [0.2, 0.25) is 0 Å². The SMILES string of the molecule is COc1cccc(C(=O)NCCn2cc([N+](=O)[O-])cn2)c1. The molecule has 0 atom stereocenters. The number of carbonyl (C=O) groups is 1. The van der Waals surface area contributed by atoms with Crippen LogP contribution in [0.4, 0.5) is 5.69 Å². The van der Waals surface area contributed by atoms with Crippen molar-refractivity contribution in [3.8, 4) is 5.75 Å². The third kappa shape index (κ3) is 3.78. The molecule has 0 aliphatic carbocycles. The Labute approximate surface area is 120 Å². The molecule has 2 rings (SSSR count). The molecule has 0 spiro atoms. The van der Waals surface area contributed by atoms with E-state index in [0.717, 1.165) is 0 Å². The topological polar surface area (TPSA) is 99.3 Å². The van der Waals surface area contributed by atoms with Gasteiger partial charge < -0.3 is 10.1 Å². The number of nitrogens with zero attached hydrogens (tertiary/aromatic N) is 3. The Balaban J connectivity index is 1.87. The van der Waals surface area contributed by atoms with Crippen LogP contribution < -0.4 is 10.1 Å². The van der Waals surface area contributed by atoms with Crippen molar-refractivity contribution in [2.24, 2.45) is 0 Å². The van der Waals surface area contributed by atoms with Crippen molar-refractivity contribution >= 4 is 11.6 Å². The van der Waals surface area contributed by atoms with Gasteiger partial charge in [-0.2, -0.15) is 5.10 Å². The summed E-state index contributed by atoms with van der Waals surface area (Å²) in [7, 11) is 1.53. The van der Waals surface area contributed by atoms with Gasteiger partial charge >= 0.3 is 5.69 Å². The van der Waals surface area contributed by atoms with Crippen LogP contribution in [0, 0.1) is 10.1 Å². The lowest BCUT2D eigenvalue weighted by Crippen LogP contribution is -2.27. The Kier molecular flexibility index (Phi) is 4.50. The standard InChI is InChI=1S/C13H14N4O4/c1-21-12-4-2-3-10(7-12)13(18)14-5-6-16-9-11(8-15-16)17(19)20/h2-4,7-9H,5-6H2,1H3,(H,14,18). The lowest BCUT2D eigenvalue weighted by molar-refractivity contribution is -0.385. The number of methoxy groups -OCH3 is 1. The van der Waals surface area contributed by atoms with E-state index < -0.39 is 4.92 Å². The third-order valence-corrected chi connectivity index (χ3v) is 2.79. The molecule has 0 fully saturated rings. The van der Waals surface area contributed by atoms with Crippen molar-refractivity contribution < 1.29 is 14.5 Å². The van der Waals surface area contributed by atoms with Gasteiger partial charge in [0.15, 0.2) is 0 Å². The van der Waals surface area contributed by atoms with E-state index in [1.165, 1.54) is 24.2 Å². The molecule has 110 valence electrons. The molecule has 0 bridgehead atoms. The van der Waals surface area contributed by atoms with Crippen molar-refractivity contribution in [3.05, 3.63) is 52.3 Å². The number of hydrogen-bond donors (Lipinski definition) is 1. The second-order valence-electron chi connectivity index (χ2n) is 4.21. The van der Waals surface area contributed by atoms with Crippen LogP contribution in [0.5, 0.6) is 5.75 Å². The number of benzene rings is 1. The summed E-state index contributed by atoms with van der Waals surface area (Å²) in [5.74, 6) is 0.362. The van der Waals surface area contributed by atoms with E-state index in [0.29, 0.717) is 24.4 Å². The summed E-state index contributed by atoms with van der Waals surface area (Å²) in [6.45, 7) is 0.665. The smallest absolute Gasteiger partial charge is 0.306 e. The van der Waals surface area contributed by atoms with Crippen molar-refractivity contribution in [1.29, 1.82) is 0 Å². The summed E-state index contributed by atoms with van der Waals surface area (Å²) in [6, 6.07) is 6.79. The number of amides is 1. The van der Waals surface area contributed by atoms with Crippen molar-refractivity contribution in [2.75, 3.05) is 13.7 Å². The fourth-order valence-corrected chi connectivity index (χ4v) is 1.72. The van der Waals surface area contributed by atoms with E-state index in [4.69, 9.17) is 4.74 Å². The maximum Gasteiger partial charge on any atom is 0.306 e. The number of nitrogens with one attached hydrogen (secondary N) is 1. The zero-order valence-corrected chi connectivity index (χ0v) is 11.4. The number of carbonyl (C=O) groups excluding carboxylic acids is 1. The van der Waals surface area contributed by atoms with Gasteiger partial charge in [0.25, 0.3) is 5.91 Å². The molecular formula is C13H14N4O4. The Morgan fingerprint density at radius 2 is 2.33 bits per heavy atom. The van der Waals surface area contributed by atoms with E-state index in [2.05, 4.69) is 10.4 Å². The lowest BCUT2D eigenvalue weighted by Gasteiger charge is -2.06. The zero-order valence-electron chi connectivity index (χ0n) is 11.4. The van der Waals surface area contributed by atoms with Crippen LogP contribution in [0.15, 0.2) is 36.7 Å². The molecule has 0 aliphatic rings. The highest BCUT2D eigenvalue weighted by molar-refractivity contribution is 5.94. The molecule has 8 heteroatoms. The van der Waals surface area contributed by atoms with E-state index in [-0.39, 0.29) is 11.6 Å². The van der Waals surface area contributed by atoms with Crippen LogP contribution in [-0.4, -0.2) is 34.3 Å². The molecule has 0 unspecified atom stereocenters. The predicted molar refractivity (Wildman–Crippen MR) is 74.2 cm³/mol. The molecule has 1 amide bonds. The molecule has 0 aliphatic heterocycles. The molecular weight excluding hydrogens is 276 g/mol. The van der Waals surface area contributed by atoms with Crippen LogP contribution in [0.1, 0.15) is 10.4 Å². The number of hydrogen-bond acceptors (Lipinski definition) is 5. The minimum absolute atomic E-state index is 0.0749. The Hall–Kier alpha value is -2.90. The number of nitro groups is 1. The lowest BCUT2D eigenvalue weighted by atomic mass is 10.2. The largest absolute Gasteiger partial charge is 0.497 e. The average molecular weight is 290 g/mol. The Bertz CT molecular complexity index is 653. The fourth-order valence-electron chi connectivity index (χ4n) is 1.72. The van der Waals surface area contributed by atoms with Gasteiger partial charge in [0.1, 0.15) is 18.1 Å². The molecule has 0 saturated carbocycles. The molecule has 0 saturated heterocycles. The first-order valence-electron chi connectivity index (χ1n) is 6.19. The maximum atomic E-state index is 11.9. The quantitative estimate of drug-likeness (QED) is 0.637. The molecule has 1 aromatic carbocycles. The van der Waals surface area contributed by atoms with Crippen LogP contribution in [0.25, 0.3) is 0 Å². The zero-order chi connectivity index (χ0) is 15.2. The first-order chi connectivity index (χ1) is 10.1. The Morgan fingerprint density at radius 1 is 1.52 bits per heavy atom. The number of aromatic nitrogens is 2. The third-order valence-electron chi connectivity index (χ3n) is 2.79. The minimum atomic E-state index is -0.516. The highest BCUT2D eigenvalue weighted by Gasteiger charge is 2.09. The molecule has 1 heterocycles. The summed E-state index contributed by atoms with van der Waals surface area (Å²) < 4.78 is 6.45. The molecule has 0 radical (unpaired) electrons. The van der Waals surface area contributed by atoms with Crippen LogP contribution >= 0.6 is 0 Å². The highest BCUT2D eigenvalue weighted by atomic mass is 16.6. The van der Waals surface area contributed by atoms with Gasteiger partial charge in [0.05, 0.1) is 18.6 Å². The minimum Gasteiger partial charge on any atom is -0.497 e. The van der Waals surface area contributed by atoms with Gasteiger partial charge in [-0.15, -0.1) is 0 Å². The van der Waals surface area contributed by atoms with Crippen LogP contribution in [0.3, 0.4) is 0 Å². The van der Waals surface area contributed by atoms with Crippen LogP contribution in [0.2, 0.25) is 0 Å². The maximum absolute atomic E-state index is 11.9. The summed E-state index contributed by atoms with van der Waals surface area (Å²) in [6.07, 6.45) is 2.49. The predicted octanol–water partition coefficient (Wildman–Crippen LogP) is 1.23. The van der Waals surface area contributed by atoms with Gasteiger partial charge in [-0.05, 0) is 18.2 Å². The highest BCUT2D eigenvalue weighted by Crippen LogP contribution is 2.12. The number of ether oxygens (including phenoxy) is 1. The summed E-state index contributed by atoms with van der Waals surface area (Å²) in [5.41, 5.74) is 0.412. The summed E-state index contributed by atoms with van der Waals surface area (Å²) in [5, 5.41) is 17.1. The first-order valence-corrected chi connectivity index (χ1v) is 6.19. The van der Waals surface area contributed by atoms with E-state index in [1.54, 1.807) is 24.3 Å². The monoisotopic (exact) mass is 290 g/mol. The Morgan fingerprint density at radius 3 is 3.00 bits per heavy atom. The molecule has 2 aromatic rings. The number of rotatable bonds is 6. The van der Waals surface area contributed by atoms with E-state index in [1.807, 2.05) is 0 Å². The summed E-state index contributed by atoms with van der Waals surface area (Å²) >= 11 is 0.